The molecule has 2 atom stereocenters. The highest BCUT2D eigenvalue weighted by atomic mass is 16.2. The maximum absolute atomic E-state index is 12.7. The number of hydrogen-bond donors (Lipinski definition) is 1. The molecule has 20 heavy (non-hydrogen) atoms. The molecule has 0 aliphatic carbocycles. The first-order chi connectivity index (χ1) is 9.72. The molecule has 0 saturated carbocycles. The van der Waals surface area contributed by atoms with Crippen molar-refractivity contribution in [2.75, 3.05) is 19.6 Å². The van der Waals surface area contributed by atoms with Crippen molar-refractivity contribution in [3.8, 4) is 0 Å². The number of nitrogens with zero attached hydrogens (tertiary/aromatic N) is 3. The van der Waals surface area contributed by atoms with Gasteiger partial charge in [-0.15, -0.1) is 0 Å². The molecular weight excluding hydrogens is 252 g/mol. The van der Waals surface area contributed by atoms with E-state index in [-0.39, 0.29) is 5.91 Å². The Morgan fingerprint density at radius 2 is 2.30 bits per heavy atom. The SMILES string of the molecule is CCc1cc(C(=O)N2CC3CCCNC3C2)n(CC)n1. The molecule has 0 aromatic carbocycles. The third kappa shape index (κ3) is 2.35. The van der Waals surface area contributed by atoms with E-state index in [1.54, 1.807) is 0 Å². The Hall–Kier alpha value is -1.36. The van der Waals surface area contributed by atoms with Gasteiger partial charge in [0.1, 0.15) is 5.69 Å². The summed E-state index contributed by atoms with van der Waals surface area (Å²) in [5.74, 6) is 0.784. The predicted octanol–water partition coefficient (Wildman–Crippen LogP) is 1.29. The van der Waals surface area contributed by atoms with E-state index in [1.807, 2.05) is 22.6 Å². The number of rotatable bonds is 3. The summed E-state index contributed by atoms with van der Waals surface area (Å²) in [6, 6.07) is 2.46. The van der Waals surface area contributed by atoms with Crippen molar-refractivity contribution in [3.05, 3.63) is 17.5 Å². The van der Waals surface area contributed by atoms with Gasteiger partial charge in [0.15, 0.2) is 0 Å². The van der Waals surface area contributed by atoms with Crippen LogP contribution in [0.2, 0.25) is 0 Å². The van der Waals surface area contributed by atoms with Gasteiger partial charge in [-0.3, -0.25) is 9.48 Å². The standard InChI is InChI=1S/C15H24N4O/c1-3-12-8-14(19(4-2)17-12)15(20)18-9-11-6-5-7-16-13(11)10-18/h8,11,13,16H,3-7,9-10H2,1-2H3. The van der Waals surface area contributed by atoms with E-state index in [0.717, 1.165) is 44.0 Å². The molecule has 0 spiro atoms. The van der Waals surface area contributed by atoms with Crippen LogP contribution in [0.25, 0.3) is 0 Å². The summed E-state index contributed by atoms with van der Waals surface area (Å²) in [5, 5.41) is 8.03. The minimum absolute atomic E-state index is 0.148. The molecule has 1 N–H and O–H groups in total. The molecular formula is C15H24N4O. The number of aromatic nitrogens is 2. The Labute approximate surface area is 120 Å². The van der Waals surface area contributed by atoms with Crippen molar-refractivity contribution >= 4 is 5.91 Å². The molecule has 5 heteroatoms. The van der Waals surface area contributed by atoms with Gasteiger partial charge >= 0.3 is 0 Å². The number of hydrogen-bond acceptors (Lipinski definition) is 3. The van der Waals surface area contributed by atoms with Crippen LogP contribution in [-0.4, -0.2) is 46.3 Å². The molecule has 0 bridgehead atoms. The third-order valence-corrected chi connectivity index (χ3v) is 4.60. The van der Waals surface area contributed by atoms with E-state index in [1.165, 1.54) is 12.8 Å². The molecule has 3 heterocycles. The maximum Gasteiger partial charge on any atom is 0.272 e. The fourth-order valence-corrected chi connectivity index (χ4v) is 3.43. The fraction of sp³-hybridized carbons (Fsp3) is 0.733. The number of nitrogens with one attached hydrogen (secondary N) is 1. The smallest absolute Gasteiger partial charge is 0.272 e. The summed E-state index contributed by atoms with van der Waals surface area (Å²) in [4.78, 5) is 14.7. The zero-order chi connectivity index (χ0) is 14.1. The van der Waals surface area contributed by atoms with Crippen molar-refractivity contribution < 1.29 is 4.79 Å². The molecule has 2 unspecified atom stereocenters. The Morgan fingerprint density at radius 3 is 3.00 bits per heavy atom. The number of carbonyl (C=O) groups is 1. The van der Waals surface area contributed by atoms with Gasteiger partial charge < -0.3 is 10.2 Å². The van der Waals surface area contributed by atoms with E-state index in [4.69, 9.17) is 0 Å². The summed E-state index contributed by atoms with van der Waals surface area (Å²) in [6.07, 6.45) is 3.35. The van der Waals surface area contributed by atoms with Crippen LogP contribution < -0.4 is 5.32 Å². The Bertz CT molecular complexity index is 482. The largest absolute Gasteiger partial charge is 0.335 e. The average molecular weight is 276 g/mol. The summed E-state index contributed by atoms with van der Waals surface area (Å²) < 4.78 is 1.84. The minimum Gasteiger partial charge on any atom is -0.335 e. The van der Waals surface area contributed by atoms with Crippen LogP contribution in [0.1, 0.15) is 42.9 Å². The van der Waals surface area contributed by atoms with Crippen molar-refractivity contribution in [2.24, 2.45) is 5.92 Å². The van der Waals surface area contributed by atoms with Crippen LogP contribution in [-0.2, 0) is 13.0 Å². The maximum atomic E-state index is 12.7. The second kappa shape index (κ2) is 5.56. The van der Waals surface area contributed by atoms with Crippen LogP contribution in [0.4, 0.5) is 0 Å². The first-order valence-corrected chi connectivity index (χ1v) is 7.82. The van der Waals surface area contributed by atoms with Gasteiger partial charge in [0.05, 0.1) is 5.69 Å². The molecule has 3 rings (SSSR count). The van der Waals surface area contributed by atoms with Crippen LogP contribution in [0.5, 0.6) is 0 Å². The fourth-order valence-electron chi connectivity index (χ4n) is 3.43. The molecule has 0 radical (unpaired) electrons. The first-order valence-electron chi connectivity index (χ1n) is 7.82. The molecule has 1 aromatic heterocycles. The molecule has 2 saturated heterocycles. The zero-order valence-corrected chi connectivity index (χ0v) is 12.4. The lowest BCUT2D eigenvalue weighted by atomic mass is 9.94. The van der Waals surface area contributed by atoms with Gasteiger partial charge in [0.25, 0.3) is 5.91 Å². The second-order valence-electron chi connectivity index (χ2n) is 5.86. The average Bonchev–Trinajstić information content (AvgIpc) is 3.09. The molecule has 5 nitrogen and oxygen atoms in total. The monoisotopic (exact) mass is 276 g/mol. The lowest BCUT2D eigenvalue weighted by Crippen LogP contribution is -2.41. The number of carbonyl (C=O) groups excluding carboxylic acids is 1. The molecule has 1 amide bonds. The van der Waals surface area contributed by atoms with Crippen molar-refractivity contribution in [1.82, 2.24) is 20.0 Å². The molecule has 110 valence electrons. The number of piperidine rings is 1. The lowest BCUT2D eigenvalue weighted by molar-refractivity contribution is 0.0773. The van der Waals surface area contributed by atoms with E-state index < -0.39 is 0 Å². The van der Waals surface area contributed by atoms with Crippen molar-refractivity contribution in [1.29, 1.82) is 0 Å². The van der Waals surface area contributed by atoms with Crippen LogP contribution in [0.3, 0.4) is 0 Å². The quantitative estimate of drug-likeness (QED) is 0.905. The number of likely N-dealkylation sites (tertiary alicyclic amines) is 1. The van der Waals surface area contributed by atoms with Crippen molar-refractivity contribution in [2.45, 2.75) is 45.7 Å². The highest BCUT2D eigenvalue weighted by Crippen LogP contribution is 2.26. The normalized spacial score (nSPS) is 25.8. The number of amides is 1. The van der Waals surface area contributed by atoms with E-state index >= 15 is 0 Å². The van der Waals surface area contributed by atoms with Crippen LogP contribution in [0.15, 0.2) is 6.07 Å². The predicted molar refractivity (Wildman–Crippen MR) is 77.7 cm³/mol. The zero-order valence-electron chi connectivity index (χ0n) is 12.4. The molecule has 2 aliphatic rings. The molecule has 2 fully saturated rings. The van der Waals surface area contributed by atoms with E-state index in [9.17, 15) is 4.79 Å². The van der Waals surface area contributed by atoms with Crippen molar-refractivity contribution in [3.63, 3.8) is 0 Å². The van der Waals surface area contributed by atoms with E-state index in [2.05, 4.69) is 17.3 Å². The molecule has 2 aliphatic heterocycles. The lowest BCUT2D eigenvalue weighted by Gasteiger charge is -2.24. The van der Waals surface area contributed by atoms with Crippen LogP contribution >= 0.6 is 0 Å². The van der Waals surface area contributed by atoms with E-state index in [0.29, 0.717) is 12.0 Å². The highest BCUT2D eigenvalue weighted by molar-refractivity contribution is 5.93. The topological polar surface area (TPSA) is 50.2 Å². The third-order valence-electron chi connectivity index (χ3n) is 4.60. The summed E-state index contributed by atoms with van der Waals surface area (Å²) >= 11 is 0. The minimum atomic E-state index is 0.148. The van der Waals surface area contributed by atoms with Crippen LogP contribution in [0, 0.1) is 5.92 Å². The van der Waals surface area contributed by atoms with Gasteiger partial charge in [0.2, 0.25) is 0 Å². The van der Waals surface area contributed by atoms with Gasteiger partial charge in [-0.05, 0) is 44.7 Å². The summed E-state index contributed by atoms with van der Waals surface area (Å²) in [7, 11) is 0. The Kier molecular flexibility index (Phi) is 3.78. The number of aryl methyl sites for hydroxylation is 2. The Morgan fingerprint density at radius 1 is 1.45 bits per heavy atom. The summed E-state index contributed by atoms with van der Waals surface area (Å²) in [6.45, 7) is 7.70. The highest BCUT2D eigenvalue weighted by Gasteiger charge is 2.37. The molecule has 1 aromatic rings. The second-order valence-corrected chi connectivity index (χ2v) is 5.86. The first kappa shape index (κ1) is 13.6. The van der Waals surface area contributed by atoms with Gasteiger partial charge in [-0.25, -0.2) is 0 Å². The number of fused-ring (bicyclic) bond motifs is 1. The Balaban J connectivity index is 1.77. The van der Waals surface area contributed by atoms with Gasteiger partial charge in [-0.1, -0.05) is 6.92 Å². The van der Waals surface area contributed by atoms with Gasteiger partial charge in [-0.2, -0.15) is 5.10 Å². The van der Waals surface area contributed by atoms with Gasteiger partial charge in [0, 0.05) is 25.7 Å². The summed E-state index contributed by atoms with van der Waals surface area (Å²) in [5.41, 5.74) is 1.76.